The molecule has 0 spiro atoms. The van der Waals surface area contributed by atoms with Gasteiger partial charge in [0.05, 0.1) is 26.8 Å². The number of fused-ring (bicyclic) bond motifs is 13. The van der Waals surface area contributed by atoms with Gasteiger partial charge in [-0.2, -0.15) is 9.97 Å². The van der Waals surface area contributed by atoms with E-state index in [1.54, 1.807) is 0 Å². The van der Waals surface area contributed by atoms with Crippen LogP contribution in [0.1, 0.15) is 0 Å². The molecule has 5 aromatic heterocycles. The number of benzene rings is 8. The van der Waals surface area contributed by atoms with Gasteiger partial charge in [0, 0.05) is 64.6 Å². The van der Waals surface area contributed by atoms with Crippen molar-refractivity contribution in [3.8, 4) is 34.4 Å². The van der Waals surface area contributed by atoms with E-state index in [0.29, 0.717) is 17.6 Å². The molecule has 270 valence electrons. The van der Waals surface area contributed by atoms with E-state index >= 15 is 0 Å². The summed E-state index contributed by atoms with van der Waals surface area (Å²) in [7, 11) is 0. The summed E-state index contributed by atoms with van der Waals surface area (Å²) in [4.78, 5) is 15.3. The lowest BCUT2D eigenvalue weighted by molar-refractivity contribution is 0.669. The molecule has 0 bridgehead atoms. The molecule has 0 amide bonds. The van der Waals surface area contributed by atoms with Crippen molar-refractivity contribution < 1.29 is 4.42 Å². The summed E-state index contributed by atoms with van der Waals surface area (Å²) in [6, 6.07) is 61.8. The number of thiophene rings is 1. The molecule has 0 aliphatic heterocycles. The molecule has 58 heavy (non-hydrogen) atoms. The summed E-state index contributed by atoms with van der Waals surface area (Å²) >= 11 is 1.87. The molecule has 0 fully saturated rings. The molecule has 0 radical (unpaired) electrons. The topological polar surface area (TPSA) is 61.7 Å². The standard InChI is InChI=1S/C51H29N5OS/c1-2-12-30(13-3-1)49-52-50(54-51(53-49)56-42-19-9-4-14-33(42)34-15-5-10-20-43(34)56)31-22-24-36-40-29-32(23-27-44(40)57-45(36)28-31)55-41-18-8-6-16-35(41)38-25-26-39-37-17-7-11-21-46(37)58-48(39)47(38)55/h1-29H. The Kier molecular flexibility index (Phi) is 6.50. The van der Waals surface area contributed by atoms with Gasteiger partial charge in [-0.15, -0.1) is 11.3 Å². The molecule has 0 aliphatic carbocycles. The fourth-order valence-corrected chi connectivity index (χ4v) is 10.2. The SMILES string of the molecule is c1ccc(-c2nc(-c3ccc4c(c3)oc3ccc(-n5c6ccccc6c6ccc7c8ccccc8sc7c65)cc34)nc(-n3c4ccccc4c4ccccc43)n2)cc1. The number of nitrogens with zero attached hydrogens (tertiary/aromatic N) is 5. The Balaban J connectivity index is 1.00. The first-order chi connectivity index (χ1) is 28.7. The predicted molar refractivity (Wildman–Crippen MR) is 240 cm³/mol. The van der Waals surface area contributed by atoms with Crippen LogP contribution in [-0.2, 0) is 0 Å². The molecule has 13 aromatic rings. The van der Waals surface area contributed by atoms with Crippen LogP contribution >= 0.6 is 11.3 Å². The van der Waals surface area contributed by atoms with E-state index in [1.165, 1.54) is 42.0 Å². The maximum Gasteiger partial charge on any atom is 0.238 e. The molecule has 0 atom stereocenters. The van der Waals surface area contributed by atoms with Gasteiger partial charge in [-0.1, -0.05) is 121 Å². The molecule has 13 rings (SSSR count). The number of furan rings is 1. The smallest absolute Gasteiger partial charge is 0.238 e. The minimum Gasteiger partial charge on any atom is -0.456 e. The lowest BCUT2D eigenvalue weighted by Crippen LogP contribution is -2.06. The Morgan fingerprint density at radius 2 is 1.00 bits per heavy atom. The Morgan fingerprint density at radius 3 is 1.76 bits per heavy atom. The summed E-state index contributed by atoms with van der Waals surface area (Å²) in [5.41, 5.74) is 8.97. The average molecular weight is 760 g/mol. The van der Waals surface area contributed by atoms with E-state index in [-0.39, 0.29) is 0 Å². The number of para-hydroxylation sites is 3. The first-order valence-electron chi connectivity index (χ1n) is 19.4. The Morgan fingerprint density at radius 1 is 0.397 bits per heavy atom. The van der Waals surface area contributed by atoms with Gasteiger partial charge < -0.3 is 8.98 Å². The van der Waals surface area contributed by atoms with Crippen molar-refractivity contribution >= 4 is 97.1 Å². The van der Waals surface area contributed by atoms with Crippen LogP contribution in [0.15, 0.2) is 180 Å². The van der Waals surface area contributed by atoms with Crippen molar-refractivity contribution in [3.05, 3.63) is 176 Å². The van der Waals surface area contributed by atoms with Gasteiger partial charge in [-0.05, 0) is 54.6 Å². The van der Waals surface area contributed by atoms with Crippen molar-refractivity contribution in [2.75, 3.05) is 0 Å². The highest BCUT2D eigenvalue weighted by Gasteiger charge is 2.21. The lowest BCUT2D eigenvalue weighted by atomic mass is 10.1. The molecule has 7 heteroatoms. The Labute approximate surface area is 334 Å². The van der Waals surface area contributed by atoms with Gasteiger partial charge in [0.1, 0.15) is 11.2 Å². The van der Waals surface area contributed by atoms with E-state index in [1.807, 2.05) is 41.7 Å². The zero-order valence-electron chi connectivity index (χ0n) is 30.8. The first kappa shape index (κ1) is 31.6. The average Bonchev–Trinajstić information content (AvgIpc) is 4.04. The fourth-order valence-electron chi connectivity index (χ4n) is 8.99. The third kappa shape index (κ3) is 4.50. The molecule has 6 nitrogen and oxygen atoms in total. The van der Waals surface area contributed by atoms with Crippen LogP contribution < -0.4 is 0 Å². The molecule has 0 aliphatic rings. The van der Waals surface area contributed by atoms with Crippen molar-refractivity contribution in [2.45, 2.75) is 0 Å². The molecule has 0 saturated carbocycles. The van der Waals surface area contributed by atoms with E-state index in [0.717, 1.165) is 60.6 Å². The van der Waals surface area contributed by atoms with Gasteiger partial charge in [0.2, 0.25) is 5.95 Å². The maximum absolute atomic E-state index is 6.62. The van der Waals surface area contributed by atoms with Crippen LogP contribution in [0.3, 0.4) is 0 Å². The summed E-state index contributed by atoms with van der Waals surface area (Å²) < 4.78 is 13.8. The minimum absolute atomic E-state index is 0.564. The zero-order chi connectivity index (χ0) is 37.9. The van der Waals surface area contributed by atoms with E-state index in [2.05, 4.69) is 155 Å². The number of aromatic nitrogens is 5. The van der Waals surface area contributed by atoms with Crippen molar-refractivity contribution in [3.63, 3.8) is 0 Å². The second-order valence-electron chi connectivity index (χ2n) is 14.8. The van der Waals surface area contributed by atoms with E-state index < -0.39 is 0 Å². The normalized spacial score (nSPS) is 12.1. The summed E-state index contributed by atoms with van der Waals surface area (Å²) in [6.07, 6.45) is 0. The van der Waals surface area contributed by atoms with Crippen LogP contribution in [0.5, 0.6) is 0 Å². The van der Waals surface area contributed by atoms with Crippen molar-refractivity contribution in [2.24, 2.45) is 0 Å². The van der Waals surface area contributed by atoms with E-state index in [9.17, 15) is 0 Å². The minimum atomic E-state index is 0.564. The second-order valence-corrected chi connectivity index (χ2v) is 15.9. The van der Waals surface area contributed by atoms with Crippen LogP contribution in [0.2, 0.25) is 0 Å². The summed E-state index contributed by atoms with van der Waals surface area (Å²) in [5, 5.41) is 9.47. The highest BCUT2D eigenvalue weighted by molar-refractivity contribution is 7.26. The molecule has 0 saturated heterocycles. The van der Waals surface area contributed by atoms with E-state index in [4.69, 9.17) is 19.4 Å². The molecular weight excluding hydrogens is 731 g/mol. The molecule has 8 aromatic carbocycles. The first-order valence-corrected chi connectivity index (χ1v) is 20.2. The summed E-state index contributed by atoms with van der Waals surface area (Å²) in [6.45, 7) is 0. The van der Waals surface area contributed by atoms with Crippen LogP contribution in [0.25, 0.3) is 120 Å². The van der Waals surface area contributed by atoms with Crippen molar-refractivity contribution in [1.82, 2.24) is 24.1 Å². The third-order valence-electron chi connectivity index (χ3n) is 11.6. The second kappa shape index (κ2) is 11.9. The van der Waals surface area contributed by atoms with Gasteiger partial charge in [0.15, 0.2) is 11.6 Å². The molecule has 0 unspecified atom stereocenters. The lowest BCUT2D eigenvalue weighted by Gasteiger charge is -2.11. The van der Waals surface area contributed by atoms with Crippen LogP contribution in [0.4, 0.5) is 0 Å². The van der Waals surface area contributed by atoms with Gasteiger partial charge >= 0.3 is 0 Å². The Bertz CT molecular complexity index is 3760. The predicted octanol–water partition coefficient (Wildman–Crippen LogP) is 13.7. The number of hydrogen-bond donors (Lipinski definition) is 0. The monoisotopic (exact) mass is 759 g/mol. The molecule has 0 N–H and O–H groups in total. The molecular formula is C51H29N5OS. The fraction of sp³-hybridized carbons (Fsp3) is 0. The quantitative estimate of drug-likeness (QED) is 0.179. The maximum atomic E-state index is 6.62. The zero-order valence-corrected chi connectivity index (χ0v) is 31.6. The van der Waals surface area contributed by atoms with Gasteiger partial charge in [-0.3, -0.25) is 4.57 Å². The Hall–Kier alpha value is -7.61. The largest absolute Gasteiger partial charge is 0.456 e. The van der Waals surface area contributed by atoms with Gasteiger partial charge in [-0.25, -0.2) is 4.98 Å². The number of hydrogen-bond acceptors (Lipinski definition) is 5. The van der Waals surface area contributed by atoms with Crippen molar-refractivity contribution in [1.29, 1.82) is 0 Å². The van der Waals surface area contributed by atoms with Gasteiger partial charge in [0.25, 0.3) is 0 Å². The summed E-state index contributed by atoms with van der Waals surface area (Å²) in [5.74, 6) is 1.75. The molecule has 5 heterocycles. The van der Waals surface area contributed by atoms with Crippen LogP contribution in [0, 0.1) is 0 Å². The third-order valence-corrected chi connectivity index (χ3v) is 12.8. The highest BCUT2D eigenvalue weighted by atomic mass is 32.1. The van der Waals surface area contributed by atoms with Crippen LogP contribution in [-0.4, -0.2) is 24.1 Å². The number of rotatable bonds is 4. The highest BCUT2D eigenvalue weighted by Crippen LogP contribution is 2.44.